The molecule has 0 saturated carbocycles. The summed E-state index contributed by atoms with van der Waals surface area (Å²) < 4.78 is 0. The molecule has 0 fully saturated rings. The third kappa shape index (κ3) is 2.99. The maximum absolute atomic E-state index is 11.2. The summed E-state index contributed by atoms with van der Waals surface area (Å²) in [5, 5.41) is 13.0. The number of nitrogens with zero attached hydrogens (tertiary/aromatic N) is 2. The van der Waals surface area contributed by atoms with Crippen LogP contribution in [0.3, 0.4) is 0 Å². The number of fused-ring (bicyclic) bond motifs is 1. The first-order chi connectivity index (χ1) is 9.11. The number of rotatable bonds is 5. The van der Waals surface area contributed by atoms with Gasteiger partial charge in [0, 0.05) is 5.39 Å². The van der Waals surface area contributed by atoms with Gasteiger partial charge in [-0.25, -0.2) is 14.8 Å². The van der Waals surface area contributed by atoms with E-state index in [1.54, 1.807) is 0 Å². The van der Waals surface area contributed by atoms with Crippen LogP contribution in [0, 0.1) is 6.92 Å². The van der Waals surface area contributed by atoms with Crippen LogP contribution < -0.4 is 5.32 Å². The summed E-state index contributed by atoms with van der Waals surface area (Å²) in [7, 11) is 0. The summed E-state index contributed by atoms with van der Waals surface area (Å²) in [6, 6.07) is 5.22. The van der Waals surface area contributed by atoms with Gasteiger partial charge in [-0.05, 0) is 25.5 Å². The third-order valence-corrected chi connectivity index (χ3v) is 2.98. The SMILES string of the molecule is CCCC(Nc1ncnc2ccc(C)cc12)C(=O)O. The minimum absolute atomic E-state index is 0.562. The van der Waals surface area contributed by atoms with Crippen molar-refractivity contribution in [1.29, 1.82) is 0 Å². The van der Waals surface area contributed by atoms with Crippen molar-refractivity contribution >= 4 is 22.7 Å². The van der Waals surface area contributed by atoms with Crippen LogP contribution in [0.5, 0.6) is 0 Å². The number of hydrogen-bond donors (Lipinski definition) is 2. The molecule has 19 heavy (non-hydrogen) atoms. The quantitative estimate of drug-likeness (QED) is 0.863. The molecule has 1 aromatic carbocycles. The lowest BCUT2D eigenvalue weighted by Gasteiger charge is -2.15. The summed E-state index contributed by atoms with van der Waals surface area (Å²) in [4.78, 5) is 19.5. The maximum atomic E-state index is 11.2. The fraction of sp³-hybridized carbons (Fsp3) is 0.357. The number of carbonyl (C=O) groups is 1. The van der Waals surface area contributed by atoms with Crippen molar-refractivity contribution in [1.82, 2.24) is 9.97 Å². The number of benzene rings is 1. The summed E-state index contributed by atoms with van der Waals surface area (Å²) in [5.41, 5.74) is 1.90. The molecule has 1 aromatic heterocycles. The number of aryl methyl sites for hydroxylation is 1. The van der Waals surface area contributed by atoms with E-state index in [4.69, 9.17) is 0 Å². The van der Waals surface area contributed by atoms with Crippen LogP contribution in [0.25, 0.3) is 10.9 Å². The van der Waals surface area contributed by atoms with E-state index in [9.17, 15) is 9.90 Å². The maximum Gasteiger partial charge on any atom is 0.326 e. The van der Waals surface area contributed by atoms with Gasteiger partial charge in [0.1, 0.15) is 18.2 Å². The third-order valence-electron chi connectivity index (χ3n) is 2.98. The smallest absolute Gasteiger partial charge is 0.326 e. The van der Waals surface area contributed by atoms with Gasteiger partial charge in [0.15, 0.2) is 0 Å². The van der Waals surface area contributed by atoms with E-state index in [0.717, 1.165) is 22.9 Å². The Kier molecular flexibility index (Phi) is 3.94. The summed E-state index contributed by atoms with van der Waals surface area (Å²) in [5.74, 6) is -0.282. The van der Waals surface area contributed by atoms with Gasteiger partial charge in [-0.1, -0.05) is 25.0 Å². The zero-order valence-electron chi connectivity index (χ0n) is 11.1. The lowest BCUT2D eigenvalue weighted by Crippen LogP contribution is -2.29. The Labute approximate surface area is 111 Å². The highest BCUT2D eigenvalue weighted by Gasteiger charge is 2.17. The molecule has 0 amide bonds. The molecule has 0 aliphatic heterocycles. The van der Waals surface area contributed by atoms with E-state index in [0.29, 0.717) is 12.2 Å². The molecule has 0 spiro atoms. The number of carboxylic acids is 1. The second kappa shape index (κ2) is 5.65. The van der Waals surface area contributed by atoms with E-state index >= 15 is 0 Å². The number of nitrogens with one attached hydrogen (secondary N) is 1. The van der Waals surface area contributed by atoms with Gasteiger partial charge < -0.3 is 10.4 Å². The molecule has 0 radical (unpaired) electrons. The monoisotopic (exact) mass is 259 g/mol. The molecule has 0 saturated heterocycles. The van der Waals surface area contributed by atoms with Crippen molar-refractivity contribution < 1.29 is 9.90 Å². The molecule has 5 heteroatoms. The van der Waals surface area contributed by atoms with Crippen LogP contribution in [0.4, 0.5) is 5.82 Å². The van der Waals surface area contributed by atoms with Crippen LogP contribution in [0.1, 0.15) is 25.3 Å². The Morgan fingerprint density at radius 1 is 1.42 bits per heavy atom. The van der Waals surface area contributed by atoms with Crippen LogP contribution in [0.15, 0.2) is 24.5 Å². The van der Waals surface area contributed by atoms with E-state index in [-0.39, 0.29) is 0 Å². The van der Waals surface area contributed by atoms with Crippen LogP contribution in [-0.2, 0) is 4.79 Å². The molecular formula is C14H17N3O2. The fourth-order valence-electron chi connectivity index (χ4n) is 2.00. The van der Waals surface area contributed by atoms with Crippen molar-refractivity contribution in [2.45, 2.75) is 32.7 Å². The first-order valence-electron chi connectivity index (χ1n) is 6.32. The minimum atomic E-state index is -0.860. The molecule has 2 rings (SSSR count). The van der Waals surface area contributed by atoms with Gasteiger partial charge in [0.05, 0.1) is 5.52 Å². The topological polar surface area (TPSA) is 75.1 Å². The number of carboxylic acid groups (broad SMARTS) is 1. The number of aromatic nitrogens is 2. The Bertz CT molecular complexity index is 598. The fourth-order valence-corrected chi connectivity index (χ4v) is 2.00. The van der Waals surface area contributed by atoms with Gasteiger partial charge in [0.25, 0.3) is 0 Å². The average Bonchev–Trinajstić information content (AvgIpc) is 2.38. The van der Waals surface area contributed by atoms with Crippen LogP contribution in [-0.4, -0.2) is 27.1 Å². The van der Waals surface area contributed by atoms with Gasteiger partial charge in [0.2, 0.25) is 0 Å². The van der Waals surface area contributed by atoms with Gasteiger partial charge >= 0.3 is 5.97 Å². The molecule has 2 N–H and O–H groups in total. The highest BCUT2D eigenvalue weighted by molar-refractivity contribution is 5.91. The van der Waals surface area contributed by atoms with Gasteiger partial charge in [-0.3, -0.25) is 0 Å². The molecule has 0 aliphatic carbocycles. The van der Waals surface area contributed by atoms with Crippen molar-refractivity contribution in [3.63, 3.8) is 0 Å². The van der Waals surface area contributed by atoms with E-state index in [2.05, 4.69) is 15.3 Å². The largest absolute Gasteiger partial charge is 0.480 e. The van der Waals surface area contributed by atoms with Crippen molar-refractivity contribution in [3.05, 3.63) is 30.1 Å². The molecule has 1 heterocycles. The Morgan fingerprint density at radius 2 is 2.21 bits per heavy atom. The van der Waals surface area contributed by atoms with Gasteiger partial charge in [-0.15, -0.1) is 0 Å². The zero-order chi connectivity index (χ0) is 13.8. The van der Waals surface area contributed by atoms with Crippen LogP contribution >= 0.6 is 0 Å². The Balaban J connectivity index is 2.38. The normalized spacial score (nSPS) is 12.3. The predicted octanol–water partition coefficient (Wildman–Crippen LogP) is 2.60. The highest BCUT2D eigenvalue weighted by Crippen LogP contribution is 2.21. The molecule has 0 bridgehead atoms. The second-order valence-corrected chi connectivity index (χ2v) is 4.57. The van der Waals surface area contributed by atoms with Crippen molar-refractivity contribution in [3.8, 4) is 0 Å². The Hall–Kier alpha value is -2.17. The molecule has 2 aromatic rings. The first kappa shape index (κ1) is 13.3. The lowest BCUT2D eigenvalue weighted by atomic mass is 10.1. The average molecular weight is 259 g/mol. The molecular weight excluding hydrogens is 242 g/mol. The molecule has 100 valence electrons. The second-order valence-electron chi connectivity index (χ2n) is 4.57. The van der Waals surface area contributed by atoms with E-state index in [1.165, 1.54) is 6.33 Å². The highest BCUT2D eigenvalue weighted by atomic mass is 16.4. The summed E-state index contributed by atoms with van der Waals surface area (Å²) >= 11 is 0. The molecule has 1 atom stereocenters. The number of hydrogen-bond acceptors (Lipinski definition) is 4. The minimum Gasteiger partial charge on any atom is -0.480 e. The number of anilines is 1. The summed E-state index contributed by atoms with van der Waals surface area (Å²) in [6.07, 6.45) is 2.81. The standard InChI is InChI=1S/C14H17N3O2/c1-3-4-12(14(18)19)17-13-10-7-9(2)5-6-11(10)15-8-16-13/h5-8,12H,3-4H2,1-2H3,(H,18,19)(H,15,16,17). The van der Waals surface area contributed by atoms with Crippen LogP contribution in [0.2, 0.25) is 0 Å². The van der Waals surface area contributed by atoms with E-state index in [1.807, 2.05) is 32.0 Å². The molecule has 1 unspecified atom stereocenters. The predicted molar refractivity (Wildman–Crippen MR) is 74.2 cm³/mol. The zero-order valence-corrected chi connectivity index (χ0v) is 11.1. The van der Waals surface area contributed by atoms with Crippen molar-refractivity contribution in [2.75, 3.05) is 5.32 Å². The molecule has 5 nitrogen and oxygen atoms in total. The molecule has 0 aliphatic rings. The Morgan fingerprint density at radius 3 is 2.89 bits per heavy atom. The van der Waals surface area contributed by atoms with E-state index < -0.39 is 12.0 Å². The summed E-state index contributed by atoms with van der Waals surface area (Å²) in [6.45, 7) is 3.94. The number of aliphatic carboxylic acids is 1. The van der Waals surface area contributed by atoms with Gasteiger partial charge in [-0.2, -0.15) is 0 Å². The lowest BCUT2D eigenvalue weighted by molar-refractivity contribution is -0.138. The van der Waals surface area contributed by atoms with Crippen molar-refractivity contribution in [2.24, 2.45) is 0 Å². The first-order valence-corrected chi connectivity index (χ1v) is 6.32.